The van der Waals surface area contributed by atoms with E-state index in [1.165, 1.54) is 11.3 Å². The Kier molecular flexibility index (Phi) is 4.31. The second kappa shape index (κ2) is 5.97. The zero-order chi connectivity index (χ0) is 13.8. The molecule has 2 aromatic heterocycles. The predicted octanol–water partition coefficient (Wildman–Crippen LogP) is 2.13. The van der Waals surface area contributed by atoms with Gasteiger partial charge >= 0.3 is 0 Å². The molecule has 0 bridgehead atoms. The standard InChI is InChI=1S/C13H17N3O2S/c1-3-4-5-11(17)16(2)8-10-14-9-6-7-19-12(9)13(18)15-10/h6-7H,3-5,8H2,1-2H3,(H,14,15,18). The van der Waals surface area contributed by atoms with E-state index in [9.17, 15) is 9.59 Å². The normalized spacial score (nSPS) is 10.8. The first-order valence-corrected chi connectivity index (χ1v) is 7.20. The maximum Gasteiger partial charge on any atom is 0.268 e. The molecular weight excluding hydrogens is 262 g/mol. The molecule has 0 aromatic carbocycles. The van der Waals surface area contributed by atoms with Crippen molar-refractivity contribution in [2.24, 2.45) is 0 Å². The number of aromatic amines is 1. The van der Waals surface area contributed by atoms with Gasteiger partial charge in [-0.3, -0.25) is 9.59 Å². The second-order valence-corrected chi connectivity index (χ2v) is 5.42. The topological polar surface area (TPSA) is 66.1 Å². The summed E-state index contributed by atoms with van der Waals surface area (Å²) in [5.41, 5.74) is 0.558. The number of hydrogen-bond donors (Lipinski definition) is 1. The van der Waals surface area contributed by atoms with Crippen LogP contribution in [-0.2, 0) is 11.3 Å². The van der Waals surface area contributed by atoms with Crippen LogP contribution in [0.2, 0.25) is 0 Å². The van der Waals surface area contributed by atoms with Crippen molar-refractivity contribution in [1.29, 1.82) is 0 Å². The van der Waals surface area contributed by atoms with Gasteiger partial charge in [-0.15, -0.1) is 11.3 Å². The van der Waals surface area contributed by atoms with Gasteiger partial charge in [0.05, 0.1) is 12.1 Å². The van der Waals surface area contributed by atoms with Crippen molar-refractivity contribution in [2.45, 2.75) is 32.7 Å². The summed E-state index contributed by atoms with van der Waals surface area (Å²) < 4.78 is 0.628. The summed E-state index contributed by atoms with van der Waals surface area (Å²) >= 11 is 1.37. The van der Waals surface area contributed by atoms with E-state index in [4.69, 9.17) is 0 Å². The molecule has 0 radical (unpaired) electrons. The van der Waals surface area contributed by atoms with Crippen LogP contribution in [0.15, 0.2) is 16.2 Å². The zero-order valence-electron chi connectivity index (χ0n) is 11.1. The minimum absolute atomic E-state index is 0.0786. The highest BCUT2D eigenvalue weighted by Gasteiger charge is 2.11. The van der Waals surface area contributed by atoms with E-state index in [1.54, 1.807) is 11.9 Å². The van der Waals surface area contributed by atoms with E-state index in [1.807, 2.05) is 11.4 Å². The molecule has 102 valence electrons. The molecule has 0 atom stereocenters. The lowest BCUT2D eigenvalue weighted by molar-refractivity contribution is -0.130. The lowest BCUT2D eigenvalue weighted by Crippen LogP contribution is -2.27. The van der Waals surface area contributed by atoms with Gasteiger partial charge in [-0.2, -0.15) is 0 Å². The van der Waals surface area contributed by atoms with Gasteiger partial charge in [0, 0.05) is 13.5 Å². The summed E-state index contributed by atoms with van der Waals surface area (Å²) in [5.74, 6) is 0.609. The lowest BCUT2D eigenvalue weighted by atomic mass is 10.2. The Balaban J connectivity index is 2.12. The Bertz CT molecular complexity index is 632. The molecule has 0 aliphatic heterocycles. The quantitative estimate of drug-likeness (QED) is 0.911. The van der Waals surface area contributed by atoms with Crippen molar-refractivity contribution in [3.63, 3.8) is 0 Å². The van der Waals surface area contributed by atoms with Gasteiger partial charge in [0.25, 0.3) is 5.56 Å². The molecule has 2 aromatic rings. The Morgan fingerprint density at radius 1 is 1.53 bits per heavy atom. The number of unbranched alkanes of at least 4 members (excludes halogenated alkanes) is 1. The van der Waals surface area contributed by atoms with E-state index in [0.717, 1.165) is 12.8 Å². The molecule has 0 aliphatic rings. The largest absolute Gasteiger partial charge is 0.338 e. The van der Waals surface area contributed by atoms with E-state index < -0.39 is 0 Å². The molecule has 0 aliphatic carbocycles. The van der Waals surface area contributed by atoms with Gasteiger partial charge in [-0.05, 0) is 17.9 Å². The number of aromatic nitrogens is 2. The highest BCUT2D eigenvalue weighted by Crippen LogP contribution is 2.14. The molecule has 0 saturated carbocycles. The average Bonchev–Trinajstić information content (AvgIpc) is 2.84. The lowest BCUT2D eigenvalue weighted by Gasteiger charge is -2.16. The molecule has 2 rings (SSSR count). The fourth-order valence-corrected chi connectivity index (χ4v) is 2.55. The summed E-state index contributed by atoms with van der Waals surface area (Å²) in [6.45, 7) is 2.39. The summed E-state index contributed by atoms with van der Waals surface area (Å²) in [4.78, 5) is 32.3. The third-order valence-electron chi connectivity index (χ3n) is 2.92. The van der Waals surface area contributed by atoms with Crippen LogP contribution < -0.4 is 5.56 Å². The number of rotatable bonds is 5. The number of amides is 1. The number of nitrogens with one attached hydrogen (secondary N) is 1. The third kappa shape index (κ3) is 3.20. The van der Waals surface area contributed by atoms with Crippen LogP contribution in [0.3, 0.4) is 0 Å². The molecule has 0 fully saturated rings. The van der Waals surface area contributed by atoms with Gasteiger partial charge in [0.2, 0.25) is 5.91 Å². The van der Waals surface area contributed by atoms with Crippen molar-refractivity contribution in [3.05, 3.63) is 27.6 Å². The zero-order valence-corrected chi connectivity index (χ0v) is 11.9. The summed E-state index contributed by atoms with van der Waals surface area (Å²) in [6, 6.07) is 1.82. The van der Waals surface area contributed by atoms with Crippen LogP contribution in [0.25, 0.3) is 10.2 Å². The molecule has 0 spiro atoms. The third-order valence-corrected chi connectivity index (χ3v) is 3.82. The van der Waals surface area contributed by atoms with E-state index in [2.05, 4.69) is 16.9 Å². The van der Waals surface area contributed by atoms with Crippen LogP contribution in [-0.4, -0.2) is 27.8 Å². The number of hydrogen-bond acceptors (Lipinski definition) is 4. The van der Waals surface area contributed by atoms with Gasteiger partial charge in [0.15, 0.2) is 0 Å². The van der Waals surface area contributed by atoms with E-state index in [-0.39, 0.29) is 11.5 Å². The first-order valence-electron chi connectivity index (χ1n) is 6.32. The fourth-order valence-electron chi connectivity index (χ4n) is 1.83. The number of carbonyl (C=O) groups is 1. The second-order valence-electron chi connectivity index (χ2n) is 4.50. The minimum atomic E-state index is -0.135. The van der Waals surface area contributed by atoms with Gasteiger partial charge in [0.1, 0.15) is 10.5 Å². The Labute approximate surface area is 115 Å². The van der Waals surface area contributed by atoms with Crippen LogP contribution in [0.5, 0.6) is 0 Å². The summed E-state index contributed by atoms with van der Waals surface area (Å²) in [5, 5.41) is 1.84. The SMILES string of the molecule is CCCCC(=O)N(C)Cc1nc2ccsc2c(=O)[nH]1. The minimum Gasteiger partial charge on any atom is -0.338 e. The highest BCUT2D eigenvalue weighted by molar-refractivity contribution is 7.17. The molecular formula is C13H17N3O2S. The van der Waals surface area contributed by atoms with Crippen molar-refractivity contribution in [1.82, 2.24) is 14.9 Å². The van der Waals surface area contributed by atoms with Crippen molar-refractivity contribution < 1.29 is 4.79 Å². The Hall–Kier alpha value is -1.69. The predicted molar refractivity (Wildman–Crippen MR) is 76.2 cm³/mol. The number of carbonyl (C=O) groups excluding carboxylic acids is 1. The molecule has 6 heteroatoms. The van der Waals surface area contributed by atoms with Crippen molar-refractivity contribution in [3.8, 4) is 0 Å². The maximum absolute atomic E-state index is 11.8. The Morgan fingerprint density at radius 3 is 3.05 bits per heavy atom. The molecule has 0 unspecified atom stereocenters. The first kappa shape index (κ1) is 13.7. The molecule has 0 saturated heterocycles. The smallest absolute Gasteiger partial charge is 0.268 e. The highest BCUT2D eigenvalue weighted by atomic mass is 32.1. The molecule has 5 nitrogen and oxygen atoms in total. The maximum atomic E-state index is 11.8. The summed E-state index contributed by atoms with van der Waals surface area (Å²) in [7, 11) is 1.73. The van der Waals surface area contributed by atoms with E-state index in [0.29, 0.717) is 29.0 Å². The van der Waals surface area contributed by atoms with Crippen LogP contribution in [0.4, 0.5) is 0 Å². The first-order chi connectivity index (χ1) is 9.11. The van der Waals surface area contributed by atoms with Crippen molar-refractivity contribution >= 4 is 27.5 Å². The average molecular weight is 279 g/mol. The molecule has 19 heavy (non-hydrogen) atoms. The number of thiophene rings is 1. The number of H-pyrrole nitrogens is 1. The van der Waals surface area contributed by atoms with Crippen molar-refractivity contribution in [2.75, 3.05) is 7.05 Å². The van der Waals surface area contributed by atoms with Gasteiger partial charge in [-0.1, -0.05) is 13.3 Å². The number of fused-ring (bicyclic) bond motifs is 1. The molecule has 2 heterocycles. The van der Waals surface area contributed by atoms with Crippen LogP contribution >= 0.6 is 11.3 Å². The van der Waals surface area contributed by atoms with E-state index >= 15 is 0 Å². The van der Waals surface area contributed by atoms with Gasteiger partial charge < -0.3 is 9.88 Å². The molecule has 1 amide bonds. The molecule has 1 N–H and O–H groups in total. The van der Waals surface area contributed by atoms with Gasteiger partial charge in [-0.25, -0.2) is 4.98 Å². The summed E-state index contributed by atoms with van der Waals surface area (Å²) in [6.07, 6.45) is 2.42. The number of nitrogens with zero attached hydrogens (tertiary/aromatic N) is 2. The fraction of sp³-hybridized carbons (Fsp3) is 0.462. The monoisotopic (exact) mass is 279 g/mol. The van der Waals surface area contributed by atoms with Crippen LogP contribution in [0, 0.1) is 0 Å². The van der Waals surface area contributed by atoms with Crippen LogP contribution in [0.1, 0.15) is 32.0 Å². The Morgan fingerprint density at radius 2 is 2.32 bits per heavy atom.